The van der Waals surface area contributed by atoms with Gasteiger partial charge in [0, 0.05) is 17.0 Å². The van der Waals surface area contributed by atoms with Crippen molar-refractivity contribution in [3.8, 4) is 0 Å². The van der Waals surface area contributed by atoms with E-state index in [4.69, 9.17) is 11.6 Å². The second-order valence-electron chi connectivity index (χ2n) is 5.56. The van der Waals surface area contributed by atoms with Crippen LogP contribution in [-0.2, 0) is 0 Å². The van der Waals surface area contributed by atoms with Gasteiger partial charge in [-0.2, -0.15) is 0 Å². The van der Waals surface area contributed by atoms with Crippen molar-refractivity contribution in [3.05, 3.63) is 55.7 Å². The van der Waals surface area contributed by atoms with Crippen LogP contribution in [-0.4, -0.2) is 0 Å². The first kappa shape index (κ1) is 15.6. The predicted octanol–water partition coefficient (Wildman–Crippen LogP) is 5.74. The minimum absolute atomic E-state index is 0.308. The van der Waals surface area contributed by atoms with Crippen molar-refractivity contribution in [2.75, 3.05) is 0 Å². The third kappa shape index (κ3) is 3.43. The summed E-state index contributed by atoms with van der Waals surface area (Å²) in [6.45, 7) is 11.0. The molecule has 3 heteroatoms. The fraction of sp³-hybridized carbons (Fsp3) is 0.412. The lowest BCUT2D eigenvalue weighted by Crippen LogP contribution is -2.23. The van der Waals surface area contributed by atoms with Gasteiger partial charge in [0.25, 0.3) is 0 Å². The van der Waals surface area contributed by atoms with Crippen LogP contribution in [0.4, 0.5) is 0 Å². The molecule has 1 nitrogen and oxygen atoms in total. The minimum atomic E-state index is 0.308. The van der Waals surface area contributed by atoms with Crippen molar-refractivity contribution < 1.29 is 0 Å². The molecule has 2 aromatic rings. The van der Waals surface area contributed by atoms with Crippen LogP contribution in [0.3, 0.4) is 0 Å². The lowest BCUT2D eigenvalue weighted by Gasteiger charge is -2.23. The molecular formula is C17H22ClNS. The van der Waals surface area contributed by atoms with Crippen molar-refractivity contribution in [2.24, 2.45) is 0 Å². The second-order valence-corrected chi connectivity index (χ2v) is 7.31. The number of thiophene rings is 1. The number of hydrogen-bond donors (Lipinski definition) is 1. The van der Waals surface area contributed by atoms with Gasteiger partial charge in [-0.25, -0.2) is 0 Å². The average Bonchev–Trinajstić information content (AvgIpc) is 2.74. The maximum absolute atomic E-state index is 6.02. The number of rotatable bonds is 4. The van der Waals surface area contributed by atoms with Gasteiger partial charge in [0.2, 0.25) is 0 Å². The van der Waals surface area contributed by atoms with Crippen molar-refractivity contribution in [1.29, 1.82) is 0 Å². The van der Waals surface area contributed by atoms with E-state index in [-0.39, 0.29) is 0 Å². The number of benzene rings is 1. The summed E-state index contributed by atoms with van der Waals surface area (Å²) >= 11 is 7.66. The van der Waals surface area contributed by atoms with Crippen LogP contribution < -0.4 is 5.32 Å². The van der Waals surface area contributed by atoms with E-state index in [2.05, 4.69) is 58.1 Å². The Bertz CT molecular complexity index is 580. The summed E-state index contributed by atoms with van der Waals surface area (Å²) in [5.74, 6) is 0. The Labute approximate surface area is 131 Å². The van der Waals surface area contributed by atoms with Crippen molar-refractivity contribution in [3.63, 3.8) is 0 Å². The fourth-order valence-corrected chi connectivity index (χ4v) is 4.05. The maximum Gasteiger partial charge on any atom is 0.0931 e. The van der Waals surface area contributed by atoms with E-state index in [1.54, 1.807) is 11.3 Å². The summed E-state index contributed by atoms with van der Waals surface area (Å²) in [4.78, 5) is 1.28. The lowest BCUT2D eigenvalue weighted by molar-refractivity contribution is 0.497. The first-order valence-corrected chi connectivity index (χ1v) is 8.17. The van der Waals surface area contributed by atoms with E-state index in [9.17, 15) is 0 Å². The Morgan fingerprint density at radius 1 is 1.00 bits per heavy atom. The monoisotopic (exact) mass is 307 g/mol. The molecular weight excluding hydrogens is 286 g/mol. The van der Waals surface area contributed by atoms with Gasteiger partial charge in [-0.1, -0.05) is 29.3 Å². The molecule has 1 aromatic carbocycles. The number of nitrogens with one attached hydrogen (secondary N) is 1. The van der Waals surface area contributed by atoms with Crippen molar-refractivity contribution in [2.45, 2.75) is 46.7 Å². The molecule has 0 aliphatic rings. The van der Waals surface area contributed by atoms with E-state index in [1.807, 2.05) is 6.07 Å². The molecule has 108 valence electrons. The molecule has 0 saturated carbocycles. The molecule has 2 atom stereocenters. The van der Waals surface area contributed by atoms with Crippen LogP contribution in [0.2, 0.25) is 4.34 Å². The zero-order valence-electron chi connectivity index (χ0n) is 12.8. The van der Waals surface area contributed by atoms with Gasteiger partial charge in [0.05, 0.1) is 4.34 Å². The van der Waals surface area contributed by atoms with E-state index < -0.39 is 0 Å². The van der Waals surface area contributed by atoms with Crippen LogP contribution in [0.15, 0.2) is 24.3 Å². The highest BCUT2D eigenvalue weighted by Gasteiger charge is 2.16. The number of aryl methyl sites for hydroxylation is 3. The summed E-state index contributed by atoms with van der Waals surface area (Å²) in [5, 5.41) is 3.68. The smallest absolute Gasteiger partial charge is 0.0931 e. The molecule has 0 saturated heterocycles. The van der Waals surface area contributed by atoms with Gasteiger partial charge in [-0.15, -0.1) is 11.3 Å². The molecule has 0 bridgehead atoms. The first-order chi connectivity index (χ1) is 9.38. The summed E-state index contributed by atoms with van der Waals surface area (Å²) in [7, 11) is 0. The largest absolute Gasteiger partial charge is 0.303 e. The Morgan fingerprint density at radius 3 is 2.10 bits per heavy atom. The number of hydrogen-bond acceptors (Lipinski definition) is 2. The molecule has 0 radical (unpaired) electrons. The molecule has 1 aromatic heterocycles. The van der Waals surface area contributed by atoms with Crippen LogP contribution in [0.5, 0.6) is 0 Å². The molecule has 1 N–H and O–H groups in total. The predicted molar refractivity (Wildman–Crippen MR) is 89.9 cm³/mol. The summed E-state index contributed by atoms with van der Waals surface area (Å²) in [6, 6.07) is 9.22. The van der Waals surface area contributed by atoms with Crippen LogP contribution in [0, 0.1) is 20.8 Å². The highest BCUT2D eigenvalue weighted by Crippen LogP contribution is 2.30. The van der Waals surface area contributed by atoms with Gasteiger partial charge in [-0.3, -0.25) is 0 Å². The topological polar surface area (TPSA) is 12.0 Å². The molecule has 0 spiro atoms. The molecule has 2 unspecified atom stereocenters. The molecule has 20 heavy (non-hydrogen) atoms. The highest BCUT2D eigenvalue weighted by atomic mass is 35.5. The quantitative estimate of drug-likeness (QED) is 0.759. The minimum Gasteiger partial charge on any atom is -0.303 e. The van der Waals surface area contributed by atoms with E-state index in [1.165, 1.54) is 27.1 Å². The van der Waals surface area contributed by atoms with E-state index in [0.717, 1.165) is 4.34 Å². The third-order valence-corrected chi connectivity index (χ3v) is 5.11. The molecule has 2 rings (SSSR count). The molecule has 0 aliphatic heterocycles. The average molecular weight is 308 g/mol. The first-order valence-electron chi connectivity index (χ1n) is 6.97. The molecule has 0 fully saturated rings. The van der Waals surface area contributed by atoms with Gasteiger partial charge in [0.1, 0.15) is 0 Å². The van der Waals surface area contributed by atoms with Crippen molar-refractivity contribution in [1.82, 2.24) is 5.32 Å². The summed E-state index contributed by atoms with van der Waals surface area (Å²) in [5.41, 5.74) is 5.46. The van der Waals surface area contributed by atoms with E-state index >= 15 is 0 Å². The zero-order valence-corrected chi connectivity index (χ0v) is 14.3. The maximum atomic E-state index is 6.02. The van der Waals surface area contributed by atoms with Crippen LogP contribution >= 0.6 is 22.9 Å². The fourth-order valence-electron chi connectivity index (χ4n) is 2.98. The van der Waals surface area contributed by atoms with Gasteiger partial charge in [0.15, 0.2) is 0 Å². The summed E-state index contributed by atoms with van der Waals surface area (Å²) < 4.78 is 0.851. The Hall–Kier alpha value is -0.830. The lowest BCUT2D eigenvalue weighted by atomic mass is 9.94. The normalized spacial score (nSPS) is 14.3. The summed E-state index contributed by atoms with van der Waals surface area (Å²) in [6.07, 6.45) is 0. The van der Waals surface area contributed by atoms with Crippen molar-refractivity contribution >= 4 is 22.9 Å². The zero-order chi connectivity index (χ0) is 14.9. The van der Waals surface area contributed by atoms with Crippen LogP contribution in [0.25, 0.3) is 0 Å². The molecule has 0 aliphatic carbocycles. The standard InChI is InChI=1S/C17H22ClNS/c1-10-8-11(2)17(12(3)9-10)14(5)19-13(4)15-6-7-16(18)20-15/h6-9,13-14,19H,1-5H3. The SMILES string of the molecule is Cc1cc(C)c(C(C)NC(C)c2ccc(Cl)s2)c(C)c1. The number of halogens is 1. The highest BCUT2D eigenvalue weighted by molar-refractivity contribution is 7.16. The van der Waals surface area contributed by atoms with Crippen LogP contribution in [0.1, 0.15) is 53.1 Å². The van der Waals surface area contributed by atoms with Gasteiger partial charge >= 0.3 is 0 Å². The second kappa shape index (κ2) is 6.30. The van der Waals surface area contributed by atoms with E-state index in [0.29, 0.717) is 12.1 Å². The Balaban J connectivity index is 2.18. The molecule has 1 heterocycles. The third-order valence-electron chi connectivity index (χ3n) is 3.69. The Kier molecular flexibility index (Phi) is 4.90. The molecule has 0 amide bonds. The Morgan fingerprint density at radius 2 is 1.60 bits per heavy atom. The van der Waals surface area contributed by atoms with Gasteiger partial charge < -0.3 is 5.32 Å². The van der Waals surface area contributed by atoms with Gasteiger partial charge in [-0.05, 0) is 63.4 Å².